The van der Waals surface area contributed by atoms with Gasteiger partial charge in [-0.1, -0.05) is 67.5 Å². The Bertz CT molecular complexity index is 4600. The molecule has 1 aliphatic carbocycles. The summed E-state index contributed by atoms with van der Waals surface area (Å²) in [5, 5.41) is 44.7. The van der Waals surface area contributed by atoms with Crippen LogP contribution in [0.15, 0.2) is 183 Å². The highest BCUT2D eigenvalue weighted by atomic mass is 19.1. The number of hydrogen-bond acceptors (Lipinski definition) is 24. The zero-order valence-corrected chi connectivity index (χ0v) is 57.9. The van der Waals surface area contributed by atoms with Crippen molar-refractivity contribution in [1.29, 1.82) is 0 Å². The van der Waals surface area contributed by atoms with Crippen LogP contribution < -0.4 is 33.8 Å². The van der Waals surface area contributed by atoms with E-state index in [1.165, 1.54) is 55.3 Å². The van der Waals surface area contributed by atoms with Crippen molar-refractivity contribution in [3.8, 4) is 64.7 Å². The number of rotatable bonds is 13. The highest BCUT2D eigenvalue weighted by Crippen LogP contribution is 2.34. The summed E-state index contributed by atoms with van der Waals surface area (Å²) in [4.78, 5) is 79.7. The molecule has 0 unspecified atom stereocenters. The first-order chi connectivity index (χ1) is 51.0. The van der Waals surface area contributed by atoms with Gasteiger partial charge in [-0.15, -0.1) is 0 Å². The number of allylic oxidation sites excluding steroid dienone is 5. The van der Waals surface area contributed by atoms with E-state index in [0.29, 0.717) is 130 Å². The van der Waals surface area contributed by atoms with Crippen LogP contribution in [0.25, 0.3) is 0 Å². The Balaban J connectivity index is 0.000000150. The fourth-order valence-corrected chi connectivity index (χ4v) is 11.8. The lowest BCUT2D eigenvalue weighted by Gasteiger charge is -2.35. The second kappa shape index (κ2) is 37.0. The van der Waals surface area contributed by atoms with E-state index in [-0.39, 0.29) is 34.5 Å². The maximum atomic E-state index is 12.8. The van der Waals surface area contributed by atoms with Crippen LogP contribution in [0.1, 0.15) is 42.4 Å². The monoisotopic (exact) mass is 1420 g/mol. The molecule has 5 aliphatic heterocycles. The van der Waals surface area contributed by atoms with Gasteiger partial charge in [0.25, 0.3) is 5.69 Å². The average molecular weight is 1420 g/mol. The standard InChI is InChI=1S/C20H18N4O4.C19H19N5O3.C19H23N3O2.C18H16FN5O2/c1-15(4-5-16-6-7-18-19(13-16)28-14-27-18)22-9-11-23(12-10-22)20-17(24(25)26)3-2-8-21-20;1-15(5-6-16-7-8-18(27-2)21-14-16)22-10-12-23(13-11-22)19-17(24(25)26)4-3-9-20-19;23-22(24)19-11-5-4-10-18(19)21-15-13-20(14-16-21)12-6-9-17-7-2-1-3-8-17;1-14(4-5-15-6-7-17(19)21-13-15)22-9-11-23(12-10-22)18-16(24(25)26)3-2-8-20-18/h2-3,6-8,13H,1,9-12,14H2;3-4,7-9,14H,1,10-13H2,2H3;4-5,7,10-11H,1-3,8,12-16H2;2-3,6-8,13H,1,9-12H2. The lowest BCUT2D eigenvalue weighted by Crippen LogP contribution is -2.46. The van der Waals surface area contributed by atoms with Gasteiger partial charge in [-0.3, -0.25) is 45.4 Å². The van der Waals surface area contributed by atoms with Crippen LogP contribution >= 0.6 is 0 Å². The van der Waals surface area contributed by atoms with Crippen molar-refractivity contribution < 1.29 is 38.3 Å². The number of ether oxygens (including phenoxy) is 3. The summed E-state index contributed by atoms with van der Waals surface area (Å²) in [6.07, 6.45) is 14.8. The van der Waals surface area contributed by atoms with E-state index in [9.17, 15) is 44.8 Å². The van der Waals surface area contributed by atoms with Gasteiger partial charge in [0.2, 0.25) is 36.1 Å². The Morgan fingerprint density at radius 1 is 0.495 bits per heavy atom. The van der Waals surface area contributed by atoms with Gasteiger partial charge in [0, 0.05) is 183 Å². The molecule has 6 aliphatic rings. The predicted molar refractivity (Wildman–Crippen MR) is 396 cm³/mol. The predicted octanol–water partition coefficient (Wildman–Crippen LogP) is 9.92. The van der Waals surface area contributed by atoms with Crippen LogP contribution in [0.4, 0.5) is 50.3 Å². The molecule has 0 amide bonds. The number of pyridine rings is 5. The Labute approximate surface area is 607 Å². The molecule has 29 heteroatoms. The van der Waals surface area contributed by atoms with Crippen LogP contribution in [0, 0.1) is 93.8 Å². The number of hydrogen-bond donors (Lipinski definition) is 0. The number of benzene rings is 2. The molecule has 28 nitrogen and oxygen atoms in total. The van der Waals surface area contributed by atoms with E-state index in [1.807, 2.05) is 56.0 Å². The van der Waals surface area contributed by atoms with Crippen molar-refractivity contribution in [2.45, 2.75) is 25.7 Å². The molecule has 0 radical (unpaired) electrons. The van der Waals surface area contributed by atoms with Crippen LogP contribution in [-0.2, 0) is 0 Å². The van der Waals surface area contributed by atoms with Crippen molar-refractivity contribution >= 4 is 45.9 Å². The molecular formula is C76H76FN17O11. The van der Waals surface area contributed by atoms with Gasteiger partial charge >= 0.3 is 17.1 Å². The molecule has 0 atom stereocenters. The summed E-state index contributed by atoms with van der Waals surface area (Å²) in [5.41, 5.74) is 6.54. The summed E-state index contributed by atoms with van der Waals surface area (Å²) in [6, 6.07) is 28.1. The smallest absolute Gasteiger partial charge is 0.311 e. The molecule has 0 N–H and O–H groups in total. The zero-order chi connectivity index (χ0) is 74.0. The maximum absolute atomic E-state index is 12.8. The molecule has 5 aromatic heterocycles. The fourth-order valence-electron chi connectivity index (χ4n) is 11.8. The highest BCUT2D eigenvalue weighted by Gasteiger charge is 2.29. The van der Waals surface area contributed by atoms with Crippen molar-refractivity contribution in [2.24, 2.45) is 0 Å². The van der Waals surface area contributed by atoms with Crippen LogP contribution in [0.5, 0.6) is 17.4 Å². The van der Waals surface area contributed by atoms with Gasteiger partial charge in [-0.2, -0.15) is 4.39 Å². The number of nitro benzene ring substituents is 1. The largest absolute Gasteiger partial charge is 0.481 e. The molecule has 538 valence electrons. The molecule has 4 fully saturated rings. The zero-order valence-electron chi connectivity index (χ0n) is 57.9. The molecule has 0 bridgehead atoms. The van der Waals surface area contributed by atoms with E-state index in [0.717, 1.165) is 61.7 Å². The Morgan fingerprint density at radius 2 is 0.943 bits per heavy atom. The first-order valence-electron chi connectivity index (χ1n) is 33.8. The summed E-state index contributed by atoms with van der Waals surface area (Å²) in [7, 11) is 1.56. The quantitative estimate of drug-likeness (QED) is 0.0449. The first kappa shape index (κ1) is 74.6. The summed E-state index contributed by atoms with van der Waals surface area (Å²) in [6.45, 7) is 24.0. The number of nitro groups is 4. The molecule has 13 rings (SSSR count). The minimum Gasteiger partial charge on any atom is -0.481 e. The molecule has 105 heavy (non-hydrogen) atoms. The van der Waals surface area contributed by atoms with Crippen molar-refractivity contribution in [3.05, 3.63) is 246 Å². The third kappa shape index (κ3) is 21.0. The normalized spacial score (nSPS) is 15.1. The summed E-state index contributed by atoms with van der Waals surface area (Å²) < 4.78 is 28.5. The number of nitrogens with zero attached hydrogens (tertiary/aromatic N) is 17. The summed E-state index contributed by atoms with van der Waals surface area (Å²) >= 11 is 0. The Kier molecular flexibility index (Phi) is 26.3. The molecule has 0 spiro atoms. The molecule has 0 saturated carbocycles. The topological polar surface area (TPSA) is 291 Å². The van der Waals surface area contributed by atoms with Crippen molar-refractivity contribution in [2.75, 3.05) is 145 Å². The molecule has 2 aromatic carbocycles. The number of piperazine rings is 4. The number of para-hydroxylation sites is 2. The highest BCUT2D eigenvalue weighted by molar-refractivity contribution is 5.64. The van der Waals surface area contributed by atoms with Gasteiger partial charge in [-0.25, -0.2) is 24.9 Å². The van der Waals surface area contributed by atoms with Crippen LogP contribution in [-0.4, -0.2) is 189 Å². The third-order valence-electron chi connectivity index (χ3n) is 17.5. The lowest BCUT2D eigenvalue weighted by molar-refractivity contribution is -0.384. The van der Waals surface area contributed by atoms with Gasteiger partial charge in [-0.05, 0) is 110 Å². The SMILES string of the molecule is C=C(C#Cc1ccc(F)nc1)N1CCN(c2ncccc2[N+](=O)[O-])CC1.C=C(C#Cc1ccc(OC)nc1)N1CCN(c2ncccc2[N+](=O)[O-])CC1.C=C(C#Cc1ccc2c(c1)OCO2)N1CCN(c2ncccc2[N+](=O)[O-])CC1.O=[N+]([O-])c1ccccc1N1CCN(CC#CC2=CCCCC2)CC1. The lowest BCUT2D eigenvalue weighted by atomic mass is 10.0. The van der Waals surface area contributed by atoms with Crippen molar-refractivity contribution in [1.82, 2.24) is 44.5 Å². The fraction of sp³-hybridized carbons (Fsp3) is 0.303. The molecule has 10 heterocycles. The Morgan fingerprint density at radius 3 is 1.39 bits per heavy atom. The maximum Gasteiger partial charge on any atom is 0.311 e. The average Bonchev–Trinajstić information content (AvgIpc) is 1.55. The number of methoxy groups -OCH3 is 1. The second-order valence-corrected chi connectivity index (χ2v) is 24.1. The van der Waals surface area contributed by atoms with Crippen molar-refractivity contribution in [3.63, 3.8) is 0 Å². The van der Waals surface area contributed by atoms with E-state index >= 15 is 0 Å². The minimum absolute atomic E-state index is 0.00313. The molecule has 7 aromatic rings. The van der Waals surface area contributed by atoms with Crippen LogP contribution in [0.3, 0.4) is 0 Å². The number of halogens is 1. The summed E-state index contributed by atoms with van der Waals surface area (Å²) in [5.74, 6) is 27.3. The van der Waals surface area contributed by atoms with E-state index < -0.39 is 20.7 Å². The van der Waals surface area contributed by atoms with Gasteiger partial charge < -0.3 is 48.5 Å². The van der Waals surface area contributed by atoms with E-state index in [2.05, 4.69) is 118 Å². The minimum atomic E-state index is -0.547. The number of fused-ring (bicyclic) bond motifs is 1. The second-order valence-electron chi connectivity index (χ2n) is 24.1. The number of anilines is 4. The van der Waals surface area contributed by atoms with Gasteiger partial charge in [0.05, 0.1) is 50.4 Å². The van der Waals surface area contributed by atoms with Gasteiger partial charge in [0.1, 0.15) is 5.69 Å². The molecule has 4 saturated heterocycles. The molecular weight excluding hydrogens is 1350 g/mol. The number of aromatic nitrogens is 5. The first-order valence-corrected chi connectivity index (χ1v) is 33.8. The van der Waals surface area contributed by atoms with E-state index in [1.54, 1.807) is 74.4 Å². The van der Waals surface area contributed by atoms with E-state index in [4.69, 9.17) is 14.2 Å². The van der Waals surface area contributed by atoms with Crippen LogP contribution in [0.2, 0.25) is 0 Å². The Hall–Kier alpha value is -13.1. The van der Waals surface area contributed by atoms with Gasteiger partial charge in [0.15, 0.2) is 11.5 Å². The third-order valence-corrected chi connectivity index (χ3v) is 17.5.